The molecule has 22 heteroatoms. The molecule has 1 unspecified atom stereocenters. The Morgan fingerprint density at radius 2 is 0.900 bits per heavy atom. The van der Waals surface area contributed by atoms with Gasteiger partial charge in [0.2, 0.25) is 47.3 Å². The van der Waals surface area contributed by atoms with E-state index in [0.717, 1.165) is 11.1 Å². The molecule has 9 amide bonds. The summed E-state index contributed by atoms with van der Waals surface area (Å²) in [6.07, 6.45) is -1.15. The quantitative estimate of drug-likeness (QED) is 0.0148. The highest BCUT2D eigenvalue weighted by molar-refractivity contribution is 6.03. The highest BCUT2D eigenvalue weighted by Gasteiger charge is 2.38. The van der Waals surface area contributed by atoms with Crippen molar-refractivity contribution in [2.75, 3.05) is 13.2 Å². The van der Waals surface area contributed by atoms with Gasteiger partial charge in [-0.05, 0) is 92.9 Å². The molecule has 0 aliphatic rings. The van der Waals surface area contributed by atoms with Crippen molar-refractivity contribution in [3.63, 3.8) is 0 Å². The first-order valence-corrected chi connectivity index (χ1v) is 30.9. The lowest BCUT2D eigenvalue weighted by Gasteiger charge is -2.30. The molecule has 0 bridgehead atoms. The van der Waals surface area contributed by atoms with Crippen molar-refractivity contribution >= 4 is 59.3 Å². The van der Waals surface area contributed by atoms with Crippen LogP contribution in [0.15, 0.2) is 121 Å². The lowest BCUT2D eigenvalue weighted by molar-refractivity contribution is -0.150. The SMILES string of the molecule is CC[C@H](C)[C@H](NC(=O)CNC(=O)OC(C)(C)C)C(=O)N[C@@H](CC(C)C)C(=O)NCNC(=O)C(Cc1ccccc1)C(=O)N[C@H](C(=O)N[C@@H](Cc1ccccc1)C(=O)N[C@H](C(=O)N[C@@H](CC(C)C)C(=O)OCc1ccccc1)[C@@H](C)OCc1ccccc1)C(C)C. The predicted octanol–water partition coefficient (Wildman–Crippen LogP) is 5.85. The fourth-order valence-electron chi connectivity index (χ4n) is 9.41. The number of amides is 9. The van der Waals surface area contributed by atoms with Crippen LogP contribution in [0.4, 0.5) is 4.79 Å². The molecule has 4 aromatic rings. The van der Waals surface area contributed by atoms with Gasteiger partial charge in [-0.15, -0.1) is 0 Å². The summed E-state index contributed by atoms with van der Waals surface area (Å²) in [5.41, 5.74) is 1.99. The highest BCUT2D eigenvalue weighted by atomic mass is 16.6. The number of esters is 1. The van der Waals surface area contributed by atoms with E-state index in [1.54, 1.807) is 109 Å². The fraction of sp³-hybridized carbons (Fsp3) is 0.500. The number of carbonyl (C=O) groups is 10. The Labute approximate surface area is 530 Å². The summed E-state index contributed by atoms with van der Waals surface area (Å²) in [6, 6.07) is 28.4. The van der Waals surface area contributed by atoms with E-state index >= 15 is 0 Å². The van der Waals surface area contributed by atoms with Gasteiger partial charge in [0.25, 0.3) is 0 Å². The number of ether oxygens (including phenoxy) is 3. The molecule has 0 saturated heterocycles. The minimum Gasteiger partial charge on any atom is -0.459 e. The number of nitrogens with one attached hydrogen (secondary N) is 9. The number of hydrogen-bond donors (Lipinski definition) is 9. The maximum absolute atomic E-state index is 14.9. The second-order valence-electron chi connectivity index (χ2n) is 24.7. The Morgan fingerprint density at radius 3 is 1.42 bits per heavy atom. The Bertz CT molecular complexity index is 2940. The molecular formula is C68H95N9O13. The van der Waals surface area contributed by atoms with Gasteiger partial charge in [-0.25, -0.2) is 9.59 Å². The minimum absolute atomic E-state index is 0.0317. The molecule has 0 saturated carbocycles. The van der Waals surface area contributed by atoms with E-state index in [9.17, 15) is 47.9 Å². The van der Waals surface area contributed by atoms with Gasteiger partial charge in [-0.2, -0.15) is 0 Å². The summed E-state index contributed by atoms with van der Waals surface area (Å²) in [5.74, 6) is -9.23. The van der Waals surface area contributed by atoms with Gasteiger partial charge in [-0.3, -0.25) is 38.4 Å². The number of carbonyl (C=O) groups excluding carboxylic acids is 10. The summed E-state index contributed by atoms with van der Waals surface area (Å²) in [7, 11) is 0. The van der Waals surface area contributed by atoms with Crippen LogP contribution in [0.2, 0.25) is 0 Å². The average molecular weight is 1250 g/mol. The summed E-state index contributed by atoms with van der Waals surface area (Å²) < 4.78 is 17.1. The molecular weight excluding hydrogens is 1150 g/mol. The molecule has 0 aromatic heterocycles. The Balaban J connectivity index is 1.56. The first kappa shape index (κ1) is 73.8. The lowest BCUT2D eigenvalue weighted by Crippen LogP contribution is -2.61. The second-order valence-corrected chi connectivity index (χ2v) is 24.7. The number of alkyl carbamates (subject to hydrolysis) is 1. The Kier molecular flexibility index (Phi) is 30.6. The average Bonchev–Trinajstić information content (AvgIpc) is 1.65. The van der Waals surface area contributed by atoms with Gasteiger partial charge in [-0.1, -0.05) is 183 Å². The highest BCUT2D eigenvalue weighted by Crippen LogP contribution is 2.17. The van der Waals surface area contributed by atoms with E-state index < -0.39 is 132 Å². The van der Waals surface area contributed by atoms with Crippen LogP contribution in [0.3, 0.4) is 0 Å². The molecule has 0 fully saturated rings. The van der Waals surface area contributed by atoms with Crippen LogP contribution in [0, 0.1) is 29.6 Å². The molecule has 4 rings (SSSR count). The van der Waals surface area contributed by atoms with Crippen molar-refractivity contribution in [2.45, 2.75) is 176 Å². The van der Waals surface area contributed by atoms with Crippen LogP contribution in [0.1, 0.15) is 125 Å². The number of benzene rings is 4. The summed E-state index contributed by atoms with van der Waals surface area (Å²) in [6.45, 7) is 20.2. The van der Waals surface area contributed by atoms with Gasteiger partial charge < -0.3 is 62.1 Å². The van der Waals surface area contributed by atoms with E-state index in [2.05, 4.69) is 47.9 Å². The van der Waals surface area contributed by atoms with Crippen LogP contribution in [0.5, 0.6) is 0 Å². The maximum Gasteiger partial charge on any atom is 0.408 e. The third-order valence-electron chi connectivity index (χ3n) is 14.5. The zero-order chi connectivity index (χ0) is 66.5. The predicted molar refractivity (Wildman–Crippen MR) is 341 cm³/mol. The topological polar surface area (TPSA) is 307 Å². The number of hydrogen-bond acceptors (Lipinski definition) is 13. The maximum atomic E-state index is 14.9. The minimum atomic E-state index is -1.47. The zero-order valence-corrected chi connectivity index (χ0v) is 54.1. The molecule has 490 valence electrons. The van der Waals surface area contributed by atoms with E-state index in [-0.39, 0.29) is 56.7 Å². The standard InChI is InChI=1S/C68H95N9O13/c1-13-45(8)57(75-55(78)38-69-67(87)90-68(10,11)12)64(84)72-52(34-42(2)3)61(81)71-41-70-59(79)51(36-47-26-18-14-19-27-47)60(80)76-56(44(6)7)63(83)73-53(37-48-28-20-15-21-29-48)62(82)77-58(46(9)88-39-49-30-22-16-23-31-49)65(85)74-54(35-43(4)5)66(86)89-40-50-32-24-17-25-33-50/h14-33,42-46,51-54,56-58H,13,34-41H2,1-12H3,(H,69,87)(H,70,79)(H,71,81)(H,72,84)(H,73,83)(H,74,85)(H,75,78)(H,76,80)(H,77,82)/t45-,46+,51?,52-,53-,54-,56-,57-,58-/m0/s1. The largest absolute Gasteiger partial charge is 0.459 e. The van der Waals surface area contributed by atoms with Crippen molar-refractivity contribution in [1.82, 2.24) is 47.9 Å². The van der Waals surface area contributed by atoms with Crippen molar-refractivity contribution in [1.29, 1.82) is 0 Å². The van der Waals surface area contributed by atoms with Crippen LogP contribution in [-0.4, -0.2) is 120 Å². The van der Waals surface area contributed by atoms with Gasteiger partial charge in [0.1, 0.15) is 60.9 Å². The van der Waals surface area contributed by atoms with Crippen molar-refractivity contribution in [3.05, 3.63) is 144 Å². The molecule has 0 aliphatic heterocycles. The molecule has 22 nitrogen and oxygen atoms in total. The van der Waals surface area contributed by atoms with E-state index in [1.165, 1.54) is 0 Å². The van der Waals surface area contributed by atoms with Crippen molar-refractivity contribution in [2.24, 2.45) is 29.6 Å². The van der Waals surface area contributed by atoms with Crippen LogP contribution < -0.4 is 47.9 Å². The summed E-state index contributed by atoms with van der Waals surface area (Å²) in [5, 5.41) is 24.3. The van der Waals surface area contributed by atoms with Gasteiger partial charge in [0.05, 0.1) is 19.4 Å². The van der Waals surface area contributed by atoms with E-state index in [0.29, 0.717) is 17.5 Å². The van der Waals surface area contributed by atoms with Gasteiger partial charge in [0.15, 0.2) is 0 Å². The summed E-state index contributed by atoms with van der Waals surface area (Å²) in [4.78, 5) is 140. The van der Waals surface area contributed by atoms with Crippen LogP contribution >= 0.6 is 0 Å². The molecule has 4 aromatic carbocycles. The third-order valence-corrected chi connectivity index (χ3v) is 14.5. The fourth-order valence-corrected chi connectivity index (χ4v) is 9.41. The number of rotatable bonds is 35. The molecule has 0 heterocycles. The van der Waals surface area contributed by atoms with E-state index in [1.807, 2.05) is 95.3 Å². The third kappa shape index (κ3) is 26.6. The molecule has 0 radical (unpaired) electrons. The molecule has 9 N–H and O–H groups in total. The first-order chi connectivity index (χ1) is 42.6. The van der Waals surface area contributed by atoms with Crippen molar-refractivity contribution < 1.29 is 62.2 Å². The van der Waals surface area contributed by atoms with Crippen molar-refractivity contribution in [3.8, 4) is 0 Å². The van der Waals surface area contributed by atoms with Gasteiger partial charge in [0, 0.05) is 6.42 Å². The lowest BCUT2D eigenvalue weighted by atomic mass is 9.95. The normalized spacial score (nSPS) is 14.3. The molecule has 9 atom stereocenters. The molecule has 0 aliphatic carbocycles. The second kappa shape index (κ2) is 37.4. The van der Waals surface area contributed by atoms with E-state index in [4.69, 9.17) is 14.2 Å². The zero-order valence-electron chi connectivity index (χ0n) is 54.1. The van der Waals surface area contributed by atoms with Crippen LogP contribution in [-0.2, 0) is 83.4 Å². The first-order valence-electron chi connectivity index (χ1n) is 30.9. The molecule has 0 spiro atoms. The van der Waals surface area contributed by atoms with Crippen LogP contribution in [0.25, 0.3) is 0 Å². The Morgan fingerprint density at radius 1 is 0.444 bits per heavy atom. The Hall–Kier alpha value is -8.66. The summed E-state index contributed by atoms with van der Waals surface area (Å²) >= 11 is 0. The monoisotopic (exact) mass is 1250 g/mol. The van der Waals surface area contributed by atoms with Gasteiger partial charge >= 0.3 is 12.1 Å². The molecule has 90 heavy (non-hydrogen) atoms. The smallest absolute Gasteiger partial charge is 0.408 e.